The molecule has 2 aromatic carbocycles. The Balaban J connectivity index is 2.25. The van der Waals surface area contributed by atoms with Gasteiger partial charge in [-0.25, -0.2) is 0 Å². The zero-order chi connectivity index (χ0) is 21.2. The van der Waals surface area contributed by atoms with Crippen molar-refractivity contribution in [2.24, 2.45) is 0 Å². The van der Waals surface area contributed by atoms with E-state index in [2.05, 4.69) is 5.32 Å². The number of nitrogens with one attached hydrogen (secondary N) is 1. The van der Waals surface area contributed by atoms with Crippen LogP contribution in [0.1, 0.15) is 32.3 Å². The minimum Gasteiger partial charge on any atom is -0.484 e. The van der Waals surface area contributed by atoms with Crippen LogP contribution in [0.2, 0.25) is 10.0 Å². The molecular formula is C22H26Cl2N2O3. The molecule has 0 aliphatic heterocycles. The molecule has 0 saturated carbocycles. The normalized spacial score (nSPS) is 11.6. The molecule has 0 bridgehead atoms. The van der Waals surface area contributed by atoms with Crippen molar-refractivity contribution in [2.75, 3.05) is 13.2 Å². The van der Waals surface area contributed by atoms with Crippen molar-refractivity contribution in [3.63, 3.8) is 0 Å². The largest absolute Gasteiger partial charge is 0.484 e. The Hall–Kier alpha value is -2.24. The highest BCUT2D eigenvalue weighted by atomic mass is 35.5. The van der Waals surface area contributed by atoms with Gasteiger partial charge in [0.1, 0.15) is 11.8 Å². The van der Waals surface area contributed by atoms with Crippen LogP contribution >= 0.6 is 23.2 Å². The molecule has 0 aliphatic rings. The third-order valence-corrected chi connectivity index (χ3v) is 5.14. The first-order valence-electron chi connectivity index (χ1n) is 9.65. The molecule has 2 aromatic rings. The lowest BCUT2D eigenvalue weighted by molar-refractivity contribution is -0.143. The maximum atomic E-state index is 13.1. The number of nitrogens with zero attached hydrogens (tertiary/aromatic N) is 1. The molecule has 0 aromatic heterocycles. The Kier molecular flexibility index (Phi) is 9.29. The number of para-hydroxylation sites is 1. The molecule has 0 aliphatic carbocycles. The predicted molar refractivity (Wildman–Crippen MR) is 116 cm³/mol. The lowest BCUT2D eigenvalue weighted by Gasteiger charge is -2.31. The van der Waals surface area contributed by atoms with Crippen molar-refractivity contribution >= 4 is 35.0 Å². The van der Waals surface area contributed by atoms with E-state index >= 15 is 0 Å². The number of benzene rings is 2. The Morgan fingerprint density at radius 3 is 2.28 bits per heavy atom. The first-order chi connectivity index (χ1) is 14.0. The third-order valence-electron chi connectivity index (χ3n) is 4.43. The highest BCUT2D eigenvalue weighted by molar-refractivity contribution is 6.36. The van der Waals surface area contributed by atoms with Crippen LogP contribution in [0.3, 0.4) is 0 Å². The number of carbonyl (C=O) groups excluding carboxylic acids is 2. The first kappa shape index (κ1) is 23.0. The Morgan fingerprint density at radius 1 is 1.03 bits per heavy atom. The summed E-state index contributed by atoms with van der Waals surface area (Å²) in [6.45, 7) is 4.31. The molecule has 29 heavy (non-hydrogen) atoms. The first-order valence-corrected chi connectivity index (χ1v) is 10.4. The van der Waals surface area contributed by atoms with Gasteiger partial charge >= 0.3 is 0 Å². The van der Waals surface area contributed by atoms with Crippen LogP contribution in [0.25, 0.3) is 0 Å². The summed E-state index contributed by atoms with van der Waals surface area (Å²) in [6, 6.07) is 13.6. The van der Waals surface area contributed by atoms with E-state index in [0.29, 0.717) is 34.3 Å². The molecule has 0 radical (unpaired) electrons. The molecule has 0 fully saturated rings. The van der Waals surface area contributed by atoms with E-state index in [0.717, 1.165) is 6.42 Å². The van der Waals surface area contributed by atoms with Crippen molar-refractivity contribution < 1.29 is 14.3 Å². The number of halogens is 2. The second-order valence-corrected chi connectivity index (χ2v) is 7.35. The van der Waals surface area contributed by atoms with E-state index in [1.54, 1.807) is 30.3 Å². The van der Waals surface area contributed by atoms with Gasteiger partial charge in [-0.3, -0.25) is 9.59 Å². The van der Waals surface area contributed by atoms with E-state index < -0.39 is 6.04 Å². The average Bonchev–Trinajstić information content (AvgIpc) is 2.73. The van der Waals surface area contributed by atoms with Crippen LogP contribution in [-0.2, 0) is 16.1 Å². The average molecular weight is 437 g/mol. The number of ether oxygens (including phenoxy) is 1. The maximum absolute atomic E-state index is 13.1. The second kappa shape index (κ2) is 11.7. The topological polar surface area (TPSA) is 58.6 Å². The van der Waals surface area contributed by atoms with Crippen molar-refractivity contribution in [1.82, 2.24) is 10.2 Å². The van der Waals surface area contributed by atoms with Crippen molar-refractivity contribution in [1.29, 1.82) is 0 Å². The van der Waals surface area contributed by atoms with Gasteiger partial charge in [0.05, 0.1) is 0 Å². The zero-order valence-electron chi connectivity index (χ0n) is 16.7. The standard InChI is InChI=1S/C22H26Cl2N2O3/c1-3-13-25-22(28)20(4-2)26(14-17-18(23)11-8-12-19(17)24)21(27)15-29-16-9-6-5-7-10-16/h5-12,20H,3-4,13-15H2,1-2H3,(H,25,28)/t20-/m0/s1. The Labute approximate surface area is 181 Å². The smallest absolute Gasteiger partial charge is 0.261 e. The lowest BCUT2D eigenvalue weighted by atomic mass is 10.1. The molecule has 0 unspecified atom stereocenters. The minimum atomic E-state index is -0.652. The molecule has 2 rings (SSSR count). The van der Waals surface area contributed by atoms with E-state index in [4.69, 9.17) is 27.9 Å². The van der Waals surface area contributed by atoms with Gasteiger partial charge in [0.25, 0.3) is 5.91 Å². The number of rotatable bonds is 10. The molecule has 2 amide bonds. The van der Waals surface area contributed by atoms with Crippen LogP contribution in [0.5, 0.6) is 5.75 Å². The maximum Gasteiger partial charge on any atom is 0.261 e. The van der Waals surface area contributed by atoms with Crippen molar-refractivity contribution in [2.45, 2.75) is 39.3 Å². The fraction of sp³-hybridized carbons (Fsp3) is 0.364. The molecule has 0 saturated heterocycles. The van der Waals surface area contributed by atoms with E-state index in [1.807, 2.05) is 32.0 Å². The molecule has 0 spiro atoms. The van der Waals surface area contributed by atoms with Crippen LogP contribution in [0.15, 0.2) is 48.5 Å². The molecule has 0 heterocycles. The fourth-order valence-corrected chi connectivity index (χ4v) is 3.40. The number of amides is 2. The van der Waals surface area contributed by atoms with E-state index in [1.165, 1.54) is 4.90 Å². The highest BCUT2D eigenvalue weighted by Crippen LogP contribution is 2.27. The molecule has 7 heteroatoms. The van der Waals surface area contributed by atoms with Gasteiger partial charge in [-0.2, -0.15) is 0 Å². The number of carbonyl (C=O) groups is 2. The van der Waals surface area contributed by atoms with Crippen LogP contribution in [0.4, 0.5) is 0 Å². The fourth-order valence-electron chi connectivity index (χ4n) is 2.88. The van der Waals surface area contributed by atoms with Crippen molar-refractivity contribution in [3.8, 4) is 5.75 Å². The zero-order valence-corrected chi connectivity index (χ0v) is 18.2. The van der Waals surface area contributed by atoms with Crippen molar-refractivity contribution in [3.05, 3.63) is 64.1 Å². The van der Waals surface area contributed by atoms with Gasteiger partial charge in [-0.15, -0.1) is 0 Å². The van der Waals surface area contributed by atoms with Crippen LogP contribution in [0, 0.1) is 0 Å². The van der Waals surface area contributed by atoms with E-state index in [9.17, 15) is 9.59 Å². The summed E-state index contributed by atoms with van der Waals surface area (Å²) in [7, 11) is 0. The molecule has 1 N–H and O–H groups in total. The predicted octanol–water partition coefficient (Wildman–Crippen LogP) is 4.71. The van der Waals surface area contributed by atoms with Crippen LogP contribution < -0.4 is 10.1 Å². The van der Waals surface area contributed by atoms with Gasteiger partial charge < -0.3 is 15.0 Å². The number of hydrogen-bond acceptors (Lipinski definition) is 3. The quantitative estimate of drug-likeness (QED) is 0.586. The van der Waals surface area contributed by atoms with E-state index in [-0.39, 0.29) is 25.0 Å². The lowest BCUT2D eigenvalue weighted by Crippen LogP contribution is -2.50. The molecular weight excluding hydrogens is 411 g/mol. The highest BCUT2D eigenvalue weighted by Gasteiger charge is 2.29. The van der Waals surface area contributed by atoms with Crippen LogP contribution in [-0.4, -0.2) is 35.9 Å². The summed E-state index contributed by atoms with van der Waals surface area (Å²) in [4.78, 5) is 27.2. The second-order valence-electron chi connectivity index (χ2n) is 6.54. The number of hydrogen-bond donors (Lipinski definition) is 1. The van der Waals surface area contributed by atoms with Gasteiger partial charge in [0.15, 0.2) is 6.61 Å². The molecule has 1 atom stereocenters. The van der Waals surface area contributed by atoms with Gasteiger partial charge in [0.2, 0.25) is 5.91 Å². The summed E-state index contributed by atoms with van der Waals surface area (Å²) < 4.78 is 5.61. The Bertz CT molecular complexity index is 795. The summed E-state index contributed by atoms with van der Waals surface area (Å²) in [6.07, 6.45) is 1.26. The van der Waals surface area contributed by atoms with Gasteiger partial charge in [-0.05, 0) is 37.1 Å². The van der Waals surface area contributed by atoms with Gasteiger partial charge in [0, 0.05) is 28.7 Å². The molecule has 5 nitrogen and oxygen atoms in total. The Morgan fingerprint density at radius 2 is 1.69 bits per heavy atom. The summed E-state index contributed by atoms with van der Waals surface area (Å²) in [5, 5.41) is 3.76. The summed E-state index contributed by atoms with van der Waals surface area (Å²) >= 11 is 12.6. The monoisotopic (exact) mass is 436 g/mol. The summed E-state index contributed by atoms with van der Waals surface area (Å²) in [5.74, 6) is 0.0639. The molecule has 156 valence electrons. The van der Waals surface area contributed by atoms with Gasteiger partial charge in [-0.1, -0.05) is 61.3 Å². The third kappa shape index (κ3) is 6.65. The SMILES string of the molecule is CCCNC(=O)[C@H](CC)N(Cc1c(Cl)cccc1Cl)C(=O)COc1ccccc1. The minimum absolute atomic E-state index is 0.119. The summed E-state index contributed by atoms with van der Waals surface area (Å²) in [5.41, 5.74) is 0.602.